The first-order valence-corrected chi connectivity index (χ1v) is 19.4. The molecule has 12 heteroatoms. The van der Waals surface area contributed by atoms with Crippen LogP contribution in [0.2, 0.25) is 0 Å². The van der Waals surface area contributed by atoms with Crippen molar-refractivity contribution in [3.05, 3.63) is 144 Å². The summed E-state index contributed by atoms with van der Waals surface area (Å²) >= 11 is 0. The maximum absolute atomic E-state index is 13.7. The van der Waals surface area contributed by atoms with Crippen LogP contribution in [-0.4, -0.2) is 80.2 Å². The highest BCUT2D eigenvalue weighted by atomic mass is 32.2. The van der Waals surface area contributed by atoms with E-state index in [0.717, 1.165) is 28.5 Å². The first-order valence-electron chi connectivity index (χ1n) is 17.6. The highest BCUT2D eigenvalue weighted by molar-refractivity contribution is 7.86. The normalized spacial score (nSPS) is 30.3. The second-order valence-electron chi connectivity index (χ2n) is 14.3. The van der Waals surface area contributed by atoms with Gasteiger partial charge in [-0.1, -0.05) is 121 Å². The Morgan fingerprint density at radius 1 is 0.698 bits per heavy atom. The molecule has 3 aliphatic heterocycles. The van der Waals surface area contributed by atoms with Gasteiger partial charge in [0.05, 0.1) is 52.5 Å². The summed E-state index contributed by atoms with van der Waals surface area (Å²) < 4.78 is 79.2. The topological polar surface area (TPSA) is 128 Å². The van der Waals surface area contributed by atoms with E-state index in [1.807, 2.05) is 121 Å². The molecule has 282 valence electrons. The minimum Gasteiger partial charge on any atom is -0.379 e. The van der Waals surface area contributed by atoms with E-state index in [1.165, 1.54) is 0 Å². The van der Waals surface area contributed by atoms with Crippen molar-refractivity contribution in [2.45, 2.75) is 80.9 Å². The molecule has 0 aliphatic carbocycles. The van der Waals surface area contributed by atoms with Crippen molar-refractivity contribution in [2.24, 2.45) is 0 Å². The number of hydrogen-bond acceptors (Lipinski definition) is 11. The second kappa shape index (κ2) is 15.0. The molecular formula is C41H46O11S. The van der Waals surface area contributed by atoms with E-state index in [2.05, 4.69) is 0 Å². The van der Waals surface area contributed by atoms with Crippen molar-refractivity contribution >= 4 is 10.1 Å². The van der Waals surface area contributed by atoms with E-state index in [4.69, 9.17) is 37.3 Å². The molecule has 7 rings (SSSR count). The lowest BCUT2D eigenvalue weighted by Gasteiger charge is -2.59. The van der Waals surface area contributed by atoms with Crippen molar-refractivity contribution in [3.8, 4) is 0 Å². The molecule has 6 atom stereocenters. The Morgan fingerprint density at radius 3 is 1.68 bits per heavy atom. The van der Waals surface area contributed by atoms with Crippen molar-refractivity contribution in [3.63, 3.8) is 0 Å². The molecule has 0 radical (unpaired) electrons. The number of benzene rings is 4. The molecule has 1 N–H and O–H groups in total. The fourth-order valence-electron chi connectivity index (χ4n) is 7.72. The molecule has 3 saturated heterocycles. The predicted molar refractivity (Wildman–Crippen MR) is 194 cm³/mol. The van der Waals surface area contributed by atoms with Crippen LogP contribution in [0.1, 0.15) is 36.1 Å². The maximum atomic E-state index is 13.7. The van der Waals surface area contributed by atoms with Gasteiger partial charge in [0.15, 0.2) is 22.6 Å². The zero-order valence-corrected chi connectivity index (χ0v) is 30.9. The van der Waals surface area contributed by atoms with E-state index in [1.54, 1.807) is 13.8 Å². The van der Waals surface area contributed by atoms with Crippen LogP contribution in [0.25, 0.3) is 0 Å². The van der Waals surface area contributed by atoms with Gasteiger partial charge in [0.25, 0.3) is 10.1 Å². The SMILES string of the molecule is CC1(C)OC[C@@]23O[C@](OS(C)(=O)=O)([C@H](OCc4ccccc4)[C@H]2O1)[C@@](O)(COCc1ccccc1)[C@]3(COCc1ccccc1)OCc1ccccc1. The third kappa shape index (κ3) is 7.21. The number of ether oxygens (including phenoxy) is 7. The molecule has 4 aromatic rings. The Morgan fingerprint density at radius 2 is 1.17 bits per heavy atom. The summed E-state index contributed by atoms with van der Waals surface area (Å²) in [4.78, 5) is 0. The molecule has 3 heterocycles. The average Bonchev–Trinajstić information content (AvgIpc) is 3.50. The molecule has 4 aromatic carbocycles. The van der Waals surface area contributed by atoms with Crippen LogP contribution in [0.3, 0.4) is 0 Å². The summed E-state index contributed by atoms with van der Waals surface area (Å²) in [5.41, 5.74) is -2.82. The molecule has 53 heavy (non-hydrogen) atoms. The standard InChI is InChI=1S/C41H46O11S/c1-37(2)49-28-38-35(50-37)36(47-26-33-20-12-6-13-21-33)41(51-38,52-53(3,43)44)39(42,29-45-24-31-16-8-4-9-17-31)40(38,48-27-34-22-14-7-15-23-34)30-46-25-32-18-10-5-11-19-32/h4-23,35-36,42H,24-30H2,1-3H3/t35-,36-,38-,39-,40-,41+/m1/s1. The van der Waals surface area contributed by atoms with Crippen LogP contribution in [0, 0.1) is 0 Å². The lowest BCUT2D eigenvalue weighted by Crippen LogP contribution is -2.84. The van der Waals surface area contributed by atoms with Crippen molar-refractivity contribution in [1.29, 1.82) is 0 Å². The second-order valence-corrected chi connectivity index (χ2v) is 15.9. The van der Waals surface area contributed by atoms with Gasteiger partial charge in [0.2, 0.25) is 5.79 Å². The Balaban J connectivity index is 1.39. The van der Waals surface area contributed by atoms with Crippen LogP contribution in [0.5, 0.6) is 0 Å². The number of aliphatic hydroxyl groups is 1. The van der Waals surface area contributed by atoms with Crippen molar-refractivity contribution in [1.82, 2.24) is 0 Å². The molecule has 0 amide bonds. The maximum Gasteiger partial charge on any atom is 0.267 e. The fraction of sp³-hybridized carbons (Fsp3) is 0.415. The van der Waals surface area contributed by atoms with Gasteiger partial charge >= 0.3 is 0 Å². The quantitative estimate of drug-likeness (QED) is 0.150. The molecule has 3 aliphatic rings. The van der Waals surface area contributed by atoms with Gasteiger partial charge in [-0.3, -0.25) is 0 Å². The summed E-state index contributed by atoms with van der Waals surface area (Å²) in [5.74, 6) is -3.63. The van der Waals surface area contributed by atoms with Crippen molar-refractivity contribution in [2.75, 3.05) is 26.1 Å². The van der Waals surface area contributed by atoms with Gasteiger partial charge < -0.3 is 38.3 Å². The molecule has 1 spiro atoms. The van der Waals surface area contributed by atoms with E-state index in [9.17, 15) is 13.5 Å². The summed E-state index contributed by atoms with van der Waals surface area (Å²) in [7, 11) is -4.38. The van der Waals surface area contributed by atoms with E-state index < -0.39 is 57.3 Å². The van der Waals surface area contributed by atoms with Crippen LogP contribution < -0.4 is 0 Å². The summed E-state index contributed by atoms with van der Waals surface area (Å²) in [6.07, 6.45) is -1.51. The van der Waals surface area contributed by atoms with Gasteiger partial charge in [-0.05, 0) is 36.1 Å². The first-order chi connectivity index (χ1) is 25.4. The first kappa shape index (κ1) is 37.8. The van der Waals surface area contributed by atoms with Crippen LogP contribution in [0.4, 0.5) is 0 Å². The molecule has 11 nitrogen and oxygen atoms in total. The van der Waals surface area contributed by atoms with Gasteiger partial charge in [0, 0.05) is 0 Å². The van der Waals surface area contributed by atoms with E-state index >= 15 is 0 Å². The smallest absolute Gasteiger partial charge is 0.267 e. The van der Waals surface area contributed by atoms with Gasteiger partial charge in [-0.25, -0.2) is 4.18 Å². The molecule has 0 unspecified atom stereocenters. The lowest BCUT2D eigenvalue weighted by molar-refractivity contribution is -0.383. The molecule has 0 saturated carbocycles. The minimum atomic E-state index is -4.38. The zero-order chi connectivity index (χ0) is 37.2. The highest BCUT2D eigenvalue weighted by Crippen LogP contribution is 2.67. The average molecular weight is 747 g/mol. The summed E-state index contributed by atoms with van der Waals surface area (Å²) in [6, 6.07) is 37.8. The van der Waals surface area contributed by atoms with Crippen LogP contribution in [0.15, 0.2) is 121 Å². The van der Waals surface area contributed by atoms with Gasteiger partial charge in [-0.2, -0.15) is 8.42 Å². The highest BCUT2D eigenvalue weighted by Gasteiger charge is 2.93. The number of rotatable bonds is 16. The Hall–Kier alpha value is -3.53. The van der Waals surface area contributed by atoms with Crippen molar-refractivity contribution < 1.29 is 50.9 Å². The summed E-state index contributed by atoms with van der Waals surface area (Å²) in [5, 5.41) is 13.7. The minimum absolute atomic E-state index is 0.0182. The van der Waals surface area contributed by atoms with Crippen LogP contribution >= 0.6 is 0 Å². The van der Waals surface area contributed by atoms with E-state index in [0.29, 0.717) is 0 Å². The lowest BCUT2D eigenvalue weighted by atomic mass is 9.61. The third-order valence-corrected chi connectivity index (χ3v) is 10.7. The predicted octanol–water partition coefficient (Wildman–Crippen LogP) is 5.30. The third-order valence-electron chi connectivity index (χ3n) is 10.1. The van der Waals surface area contributed by atoms with Crippen LogP contribution in [-0.2, 0) is 73.9 Å². The molecular weight excluding hydrogens is 701 g/mol. The Kier molecular flexibility index (Phi) is 10.7. The number of hydrogen-bond donors (Lipinski definition) is 1. The van der Waals surface area contributed by atoms with E-state index in [-0.39, 0.29) is 39.6 Å². The Bertz CT molecular complexity index is 1910. The number of fused-ring (bicyclic) bond motifs is 1. The molecule has 3 fully saturated rings. The molecule has 0 aromatic heterocycles. The largest absolute Gasteiger partial charge is 0.379 e. The Labute approximate surface area is 310 Å². The summed E-state index contributed by atoms with van der Waals surface area (Å²) in [6.45, 7) is 2.69. The monoisotopic (exact) mass is 746 g/mol. The molecule has 2 bridgehead atoms. The zero-order valence-electron chi connectivity index (χ0n) is 30.1. The van der Waals surface area contributed by atoms with Gasteiger partial charge in [0.1, 0.15) is 12.2 Å². The fourth-order valence-corrected chi connectivity index (χ4v) is 8.43. The van der Waals surface area contributed by atoms with Gasteiger partial charge in [-0.15, -0.1) is 0 Å².